The number of benzene rings is 2. The quantitative estimate of drug-likeness (QED) is 0.301. The van der Waals surface area contributed by atoms with Crippen LogP contribution in [0.4, 0.5) is 17.5 Å². The smallest absolute Gasteiger partial charge is 0.263 e. The van der Waals surface area contributed by atoms with Crippen molar-refractivity contribution in [3.05, 3.63) is 107 Å². The summed E-state index contributed by atoms with van der Waals surface area (Å²) in [6.45, 7) is 9.31. The van der Waals surface area contributed by atoms with Crippen LogP contribution < -0.4 is 16.6 Å². The lowest BCUT2D eigenvalue weighted by Crippen LogP contribution is -2.26. The lowest BCUT2D eigenvalue weighted by atomic mass is 9.98. The maximum Gasteiger partial charge on any atom is 0.263 e. The molecular weight excluding hydrogens is 514 g/mol. The van der Waals surface area contributed by atoms with Crippen LogP contribution in [0.3, 0.4) is 0 Å². The highest BCUT2D eigenvalue weighted by Gasteiger charge is 2.21. The van der Waals surface area contributed by atoms with Gasteiger partial charge in [0, 0.05) is 30.0 Å². The van der Waals surface area contributed by atoms with Crippen LogP contribution >= 0.6 is 0 Å². The van der Waals surface area contributed by atoms with Gasteiger partial charge in [0.1, 0.15) is 5.82 Å². The van der Waals surface area contributed by atoms with Gasteiger partial charge in [-0.1, -0.05) is 36.4 Å². The molecule has 2 aromatic carbocycles. The Balaban J connectivity index is 1.76. The zero-order chi connectivity index (χ0) is 27.7. The van der Waals surface area contributed by atoms with Gasteiger partial charge in [0.05, 0.1) is 18.0 Å². The Morgan fingerprint density at radius 2 is 1.82 bits per heavy atom. The van der Waals surface area contributed by atoms with E-state index in [2.05, 4.69) is 25.1 Å². The van der Waals surface area contributed by atoms with Crippen molar-refractivity contribution in [3.63, 3.8) is 0 Å². The Morgan fingerprint density at radius 1 is 1.05 bits per heavy atom. The summed E-state index contributed by atoms with van der Waals surface area (Å²) in [5, 5.41) is 4.23. The average molecular weight is 538 g/mol. The third-order valence-electron chi connectivity index (χ3n) is 6.22. The largest absolute Gasteiger partial charge is 0.371 e. The van der Waals surface area contributed by atoms with Crippen LogP contribution in [0.25, 0.3) is 32.4 Å². The highest BCUT2D eigenvalue weighted by molar-refractivity contribution is 7.90. The third-order valence-corrected chi connectivity index (χ3v) is 7.20. The first-order valence-corrected chi connectivity index (χ1v) is 13.7. The van der Waals surface area contributed by atoms with Crippen molar-refractivity contribution in [2.75, 3.05) is 17.3 Å². The second-order valence-corrected chi connectivity index (χ2v) is 10.9. The molecule has 0 aliphatic carbocycles. The fraction of sp³-hybridized carbons (Fsp3) is 0.107. The van der Waals surface area contributed by atoms with Crippen LogP contribution in [0.1, 0.15) is 18.7 Å². The minimum Gasteiger partial charge on any atom is -0.371 e. The SMILES string of the molecule is [C-]#[N+]c1cnc(N)nc1N[C@@H](C)c1cc2cccc(-c3ccnc(S(C)(=O)=O)c3)c2c(=O)n1-c1ccccc1. The number of aromatic nitrogens is 4. The number of nitrogens with zero attached hydrogens (tertiary/aromatic N) is 5. The fourth-order valence-corrected chi connectivity index (χ4v) is 5.01. The minimum atomic E-state index is -3.55. The first kappa shape index (κ1) is 25.6. The molecule has 3 heterocycles. The van der Waals surface area contributed by atoms with Gasteiger partial charge in [0.2, 0.25) is 11.6 Å². The normalized spacial score (nSPS) is 12.1. The maximum absolute atomic E-state index is 14.3. The molecule has 1 atom stereocenters. The number of rotatable bonds is 6. The van der Waals surface area contributed by atoms with Gasteiger partial charge < -0.3 is 11.1 Å². The first-order valence-electron chi connectivity index (χ1n) is 11.8. The van der Waals surface area contributed by atoms with Gasteiger partial charge in [-0.3, -0.25) is 9.36 Å². The molecule has 11 heteroatoms. The molecule has 3 N–H and O–H groups in total. The molecule has 0 fully saturated rings. The number of hydrogen-bond acceptors (Lipinski definition) is 8. The molecule has 0 radical (unpaired) electrons. The van der Waals surface area contributed by atoms with E-state index < -0.39 is 15.9 Å². The van der Waals surface area contributed by atoms with E-state index in [-0.39, 0.29) is 28.0 Å². The third kappa shape index (κ3) is 4.93. The van der Waals surface area contributed by atoms with Gasteiger partial charge in [0.25, 0.3) is 5.56 Å². The highest BCUT2D eigenvalue weighted by atomic mass is 32.2. The molecule has 10 nitrogen and oxygen atoms in total. The number of anilines is 2. The summed E-state index contributed by atoms with van der Waals surface area (Å²) < 4.78 is 25.9. The van der Waals surface area contributed by atoms with Crippen molar-refractivity contribution in [2.45, 2.75) is 18.0 Å². The number of para-hydroxylation sites is 1. The van der Waals surface area contributed by atoms with Crippen LogP contribution in [0.5, 0.6) is 0 Å². The average Bonchev–Trinajstić information content (AvgIpc) is 2.93. The molecule has 0 aliphatic heterocycles. The summed E-state index contributed by atoms with van der Waals surface area (Å²) in [5.74, 6) is 0.280. The number of fused-ring (bicyclic) bond motifs is 1. The second kappa shape index (κ2) is 10.00. The van der Waals surface area contributed by atoms with Gasteiger partial charge in [0.15, 0.2) is 14.9 Å². The first-order chi connectivity index (χ1) is 18.7. The number of nitrogens with one attached hydrogen (secondary N) is 1. The summed E-state index contributed by atoms with van der Waals surface area (Å²) in [7, 11) is -3.55. The van der Waals surface area contributed by atoms with Gasteiger partial charge in [-0.2, -0.15) is 0 Å². The Kier molecular flexibility index (Phi) is 6.55. The summed E-state index contributed by atoms with van der Waals surface area (Å²) in [6.07, 6.45) is 3.86. The Morgan fingerprint density at radius 3 is 2.54 bits per heavy atom. The van der Waals surface area contributed by atoms with E-state index in [1.54, 1.807) is 16.7 Å². The van der Waals surface area contributed by atoms with E-state index in [0.717, 1.165) is 6.26 Å². The molecule has 0 amide bonds. The van der Waals surface area contributed by atoms with Crippen molar-refractivity contribution in [1.82, 2.24) is 19.5 Å². The van der Waals surface area contributed by atoms with E-state index in [0.29, 0.717) is 33.3 Å². The highest BCUT2D eigenvalue weighted by Crippen LogP contribution is 2.32. The molecule has 0 unspecified atom stereocenters. The van der Waals surface area contributed by atoms with Crippen molar-refractivity contribution in [3.8, 4) is 16.8 Å². The van der Waals surface area contributed by atoms with E-state index in [9.17, 15) is 13.2 Å². The fourth-order valence-electron chi connectivity index (χ4n) is 4.42. The number of nitrogens with two attached hydrogens (primary N) is 1. The van der Waals surface area contributed by atoms with Crippen LogP contribution in [-0.4, -0.2) is 34.2 Å². The van der Waals surface area contributed by atoms with Crippen molar-refractivity contribution < 1.29 is 8.42 Å². The van der Waals surface area contributed by atoms with Crippen molar-refractivity contribution >= 4 is 38.1 Å². The monoisotopic (exact) mass is 537 g/mol. The van der Waals surface area contributed by atoms with Crippen LogP contribution in [0.15, 0.2) is 88.9 Å². The van der Waals surface area contributed by atoms with Crippen LogP contribution in [-0.2, 0) is 9.84 Å². The molecule has 3 aromatic heterocycles. The van der Waals surface area contributed by atoms with E-state index >= 15 is 0 Å². The summed E-state index contributed by atoms with van der Waals surface area (Å²) in [4.78, 5) is 29.8. The molecular formula is C28H23N7O3S. The van der Waals surface area contributed by atoms with Gasteiger partial charge in [-0.15, -0.1) is 0 Å². The summed E-state index contributed by atoms with van der Waals surface area (Å²) in [6, 6.07) is 19.2. The van der Waals surface area contributed by atoms with E-state index in [4.69, 9.17) is 12.3 Å². The minimum absolute atomic E-state index is 0.0199. The Bertz CT molecular complexity index is 1930. The second-order valence-electron chi connectivity index (χ2n) is 8.91. The van der Waals surface area contributed by atoms with Crippen molar-refractivity contribution in [2.24, 2.45) is 0 Å². The predicted molar refractivity (Wildman–Crippen MR) is 151 cm³/mol. The maximum atomic E-state index is 14.3. The number of pyridine rings is 2. The lowest BCUT2D eigenvalue weighted by Gasteiger charge is -2.22. The Hall–Kier alpha value is -5.08. The number of sulfone groups is 1. The standard InChI is InChI=1S/C28H23N7O3S/c1-17(33-26-22(30-2)16-32-28(29)34-26)23-14-19-8-7-11-21(18-12-13-31-24(15-18)39(3,37)38)25(19)27(36)35(23)20-9-5-4-6-10-20/h4-17H,1,3H3,(H3,29,32,33,34)/t17-/m0/s1. The molecule has 0 saturated carbocycles. The number of nitrogen functional groups attached to an aromatic ring is 1. The topological polar surface area (TPSA) is 137 Å². The molecule has 5 aromatic rings. The predicted octanol–water partition coefficient (Wildman–Crippen LogP) is 4.55. The zero-order valence-corrected chi connectivity index (χ0v) is 21.8. The molecule has 0 saturated heterocycles. The Labute approximate surface area is 224 Å². The van der Waals surface area contributed by atoms with Gasteiger partial charge in [-0.25, -0.2) is 28.2 Å². The molecule has 39 heavy (non-hydrogen) atoms. The van der Waals surface area contributed by atoms with Gasteiger partial charge in [-0.05, 0) is 53.8 Å². The van der Waals surface area contributed by atoms with E-state index in [1.165, 1.54) is 18.5 Å². The van der Waals surface area contributed by atoms with E-state index in [1.807, 2.05) is 55.5 Å². The summed E-state index contributed by atoms with van der Waals surface area (Å²) in [5.41, 5.74) is 8.08. The zero-order valence-electron chi connectivity index (χ0n) is 21.0. The number of hydrogen-bond donors (Lipinski definition) is 2. The van der Waals surface area contributed by atoms with Crippen LogP contribution in [0, 0.1) is 6.57 Å². The lowest BCUT2D eigenvalue weighted by molar-refractivity contribution is 0.598. The molecule has 0 aliphatic rings. The van der Waals surface area contributed by atoms with Crippen molar-refractivity contribution in [1.29, 1.82) is 0 Å². The van der Waals surface area contributed by atoms with Gasteiger partial charge >= 0.3 is 0 Å². The molecule has 5 rings (SSSR count). The molecule has 194 valence electrons. The molecule has 0 bridgehead atoms. The van der Waals surface area contributed by atoms with Crippen LogP contribution in [0.2, 0.25) is 0 Å². The summed E-state index contributed by atoms with van der Waals surface area (Å²) >= 11 is 0. The molecule has 0 spiro atoms.